The molecule has 1 aliphatic carbocycles. The minimum Gasteiger partial charge on any atom is -0.457 e. The Kier molecular flexibility index (Phi) is 3.67. The van der Waals surface area contributed by atoms with Gasteiger partial charge in [0.25, 0.3) is 5.69 Å². The Morgan fingerprint density at radius 1 is 1.12 bits per heavy atom. The van der Waals surface area contributed by atoms with Gasteiger partial charge in [-0.15, -0.1) is 0 Å². The normalized spacial score (nSPS) is 17.4. The van der Waals surface area contributed by atoms with Crippen LogP contribution in [0, 0.1) is 24.0 Å². The zero-order chi connectivity index (χ0) is 17.6. The highest BCUT2D eigenvalue weighted by atomic mass is 16.6. The third-order valence-electron chi connectivity index (χ3n) is 5.62. The Labute approximate surface area is 147 Å². The van der Waals surface area contributed by atoms with Crippen LogP contribution in [0.5, 0.6) is 11.5 Å². The fourth-order valence-electron chi connectivity index (χ4n) is 4.35. The molecule has 1 heterocycles. The molecule has 0 atom stereocenters. The number of benzene rings is 2. The van der Waals surface area contributed by atoms with Crippen LogP contribution in [0.1, 0.15) is 42.4 Å². The third-order valence-corrected chi connectivity index (χ3v) is 5.62. The van der Waals surface area contributed by atoms with E-state index in [1.807, 2.05) is 19.9 Å². The Morgan fingerprint density at radius 3 is 2.44 bits per heavy atom. The van der Waals surface area contributed by atoms with Crippen molar-refractivity contribution in [1.82, 2.24) is 0 Å². The first-order chi connectivity index (χ1) is 12.0. The summed E-state index contributed by atoms with van der Waals surface area (Å²) in [4.78, 5) is 10.6. The van der Waals surface area contributed by atoms with Crippen molar-refractivity contribution in [1.29, 1.82) is 0 Å². The second kappa shape index (κ2) is 5.76. The number of nitro groups is 1. The highest BCUT2D eigenvalue weighted by Gasteiger charge is 2.41. The van der Waals surface area contributed by atoms with E-state index in [0.29, 0.717) is 5.75 Å². The minimum atomic E-state index is -0.366. The SMILES string of the molecule is Cc1cc([N+](=O)[O-])cc(C)c1Oc1ccc2c(c1)C1(CCCC1)CN2. The molecule has 0 aromatic heterocycles. The molecule has 1 N–H and O–H groups in total. The van der Waals surface area contributed by atoms with Crippen LogP contribution in [0.3, 0.4) is 0 Å². The van der Waals surface area contributed by atoms with Crippen molar-refractivity contribution in [2.45, 2.75) is 44.9 Å². The van der Waals surface area contributed by atoms with Gasteiger partial charge in [0.15, 0.2) is 0 Å². The van der Waals surface area contributed by atoms with E-state index >= 15 is 0 Å². The maximum absolute atomic E-state index is 11.0. The van der Waals surface area contributed by atoms with E-state index in [1.54, 1.807) is 12.1 Å². The summed E-state index contributed by atoms with van der Waals surface area (Å²) in [5, 5.41) is 14.5. The molecule has 2 aromatic carbocycles. The van der Waals surface area contributed by atoms with Crippen molar-refractivity contribution in [3.8, 4) is 11.5 Å². The van der Waals surface area contributed by atoms with Gasteiger partial charge < -0.3 is 10.1 Å². The third kappa shape index (κ3) is 2.64. The molecule has 25 heavy (non-hydrogen) atoms. The molecule has 0 amide bonds. The van der Waals surface area contributed by atoms with Crippen LogP contribution < -0.4 is 10.1 Å². The molecule has 1 saturated carbocycles. The lowest BCUT2D eigenvalue weighted by Crippen LogP contribution is -2.23. The molecule has 2 aromatic rings. The van der Waals surface area contributed by atoms with Crippen molar-refractivity contribution in [2.24, 2.45) is 0 Å². The zero-order valence-corrected chi connectivity index (χ0v) is 14.6. The lowest BCUT2D eigenvalue weighted by Gasteiger charge is -2.23. The van der Waals surface area contributed by atoms with E-state index in [0.717, 1.165) is 23.4 Å². The van der Waals surface area contributed by atoms with Crippen molar-refractivity contribution in [3.05, 3.63) is 57.1 Å². The van der Waals surface area contributed by atoms with Gasteiger partial charge in [-0.05, 0) is 61.6 Å². The predicted molar refractivity (Wildman–Crippen MR) is 97.7 cm³/mol. The Morgan fingerprint density at radius 2 is 1.80 bits per heavy atom. The molecule has 130 valence electrons. The molecular weight excluding hydrogens is 316 g/mol. The quantitative estimate of drug-likeness (QED) is 0.614. The largest absolute Gasteiger partial charge is 0.457 e. The van der Waals surface area contributed by atoms with Crippen LogP contribution in [0.4, 0.5) is 11.4 Å². The van der Waals surface area contributed by atoms with Gasteiger partial charge in [0, 0.05) is 29.8 Å². The number of fused-ring (bicyclic) bond motifs is 2. The first-order valence-corrected chi connectivity index (χ1v) is 8.80. The summed E-state index contributed by atoms with van der Waals surface area (Å²) in [5.41, 5.74) is 4.49. The summed E-state index contributed by atoms with van der Waals surface area (Å²) in [6.07, 6.45) is 5.03. The van der Waals surface area contributed by atoms with Crippen molar-refractivity contribution in [3.63, 3.8) is 0 Å². The molecule has 0 saturated heterocycles. The van der Waals surface area contributed by atoms with E-state index in [-0.39, 0.29) is 16.0 Å². The summed E-state index contributed by atoms with van der Waals surface area (Å²) in [6, 6.07) is 9.35. The van der Waals surface area contributed by atoms with E-state index in [1.165, 1.54) is 36.9 Å². The summed E-state index contributed by atoms with van der Waals surface area (Å²) < 4.78 is 6.15. The number of non-ortho nitro benzene ring substituents is 1. The molecule has 0 unspecified atom stereocenters. The summed E-state index contributed by atoms with van der Waals surface area (Å²) in [7, 11) is 0. The molecule has 1 fully saturated rings. The van der Waals surface area contributed by atoms with Crippen LogP contribution in [0.25, 0.3) is 0 Å². The maximum atomic E-state index is 11.0. The van der Waals surface area contributed by atoms with Gasteiger partial charge in [0.1, 0.15) is 11.5 Å². The summed E-state index contributed by atoms with van der Waals surface area (Å²) in [6.45, 7) is 4.72. The van der Waals surface area contributed by atoms with Gasteiger partial charge >= 0.3 is 0 Å². The number of aryl methyl sites for hydroxylation is 2. The maximum Gasteiger partial charge on any atom is 0.270 e. The van der Waals surface area contributed by atoms with E-state index in [2.05, 4.69) is 17.4 Å². The number of hydrogen-bond donors (Lipinski definition) is 1. The molecule has 5 nitrogen and oxygen atoms in total. The van der Waals surface area contributed by atoms with E-state index < -0.39 is 0 Å². The van der Waals surface area contributed by atoms with Crippen LogP contribution in [0.15, 0.2) is 30.3 Å². The highest BCUT2D eigenvalue weighted by molar-refractivity contribution is 5.63. The van der Waals surface area contributed by atoms with Gasteiger partial charge in [-0.25, -0.2) is 0 Å². The Hall–Kier alpha value is -2.56. The van der Waals surface area contributed by atoms with Crippen LogP contribution >= 0.6 is 0 Å². The second-order valence-electron chi connectivity index (χ2n) is 7.32. The van der Waals surface area contributed by atoms with Crippen molar-refractivity contribution < 1.29 is 9.66 Å². The standard InChI is InChI=1S/C20H22N2O3/c1-13-9-15(22(23)24)10-14(2)19(13)25-16-5-6-18-17(11-16)20(12-21-18)7-3-4-8-20/h5-6,9-11,21H,3-4,7-8,12H2,1-2H3. The van der Waals surface area contributed by atoms with Crippen LogP contribution in [0.2, 0.25) is 0 Å². The van der Waals surface area contributed by atoms with Crippen molar-refractivity contribution >= 4 is 11.4 Å². The summed E-state index contributed by atoms with van der Waals surface area (Å²) >= 11 is 0. The van der Waals surface area contributed by atoms with Gasteiger partial charge in [-0.2, -0.15) is 0 Å². The number of nitrogens with one attached hydrogen (secondary N) is 1. The number of hydrogen-bond acceptors (Lipinski definition) is 4. The fraction of sp³-hybridized carbons (Fsp3) is 0.400. The lowest BCUT2D eigenvalue weighted by molar-refractivity contribution is -0.385. The topological polar surface area (TPSA) is 64.4 Å². The predicted octanol–water partition coefficient (Wildman–Crippen LogP) is 5.24. The molecule has 0 bridgehead atoms. The van der Waals surface area contributed by atoms with Gasteiger partial charge in [0.05, 0.1) is 4.92 Å². The fourth-order valence-corrected chi connectivity index (χ4v) is 4.35. The Balaban J connectivity index is 1.68. The molecular formula is C20H22N2O3. The second-order valence-corrected chi connectivity index (χ2v) is 7.32. The van der Waals surface area contributed by atoms with Crippen LogP contribution in [-0.2, 0) is 5.41 Å². The monoisotopic (exact) mass is 338 g/mol. The van der Waals surface area contributed by atoms with E-state index in [9.17, 15) is 10.1 Å². The highest BCUT2D eigenvalue weighted by Crippen LogP contribution is 2.49. The molecule has 2 aliphatic rings. The van der Waals surface area contributed by atoms with E-state index in [4.69, 9.17) is 4.74 Å². The smallest absolute Gasteiger partial charge is 0.270 e. The van der Waals surface area contributed by atoms with Gasteiger partial charge in [-0.1, -0.05) is 12.8 Å². The average molecular weight is 338 g/mol. The molecule has 4 rings (SSSR count). The van der Waals surface area contributed by atoms with Crippen LogP contribution in [-0.4, -0.2) is 11.5 Å². The molecule has 1 aliphatic heterocycles. The number of ether oxygens (including phenoxy) is 1. The van der Waals surface area contributed by atoms with Gasteiger partial charge in [-0.3, -0.25) is 10.1 Å². The Bertz CT molecular complexity index is 831. The lowest BCUT2D eigenvalue weighted by atomic mass is 9.81. The number of nitro benzene ring substituents is 1. The first-order valence-electron chi connectivity index (χ1n) is 8.80. The first kappa shape index (κ1) is 15.9. The summed E-state index contributed by atoms with van der Waals surface area (Å²) in [5.74, 6) is 1.51. The number of rotatable bonds is 3. The average Bonchev–Trinajstić information content (AvgIpc) is 3.19. The van der Waals surface area contributed by atoms with Gasteiger partial charge in [0.2, 0.25) is 0 Å². The minimum absolute atomic E-state index is 0.102. The number of anilines is 1. The van der Waals surface area contributed by atoms with Crippen molar-refractivity contribution in [2.75, 3.05) is 11.9 Å². The number of nitrogens with zero attached hydrogens (tertiary/aromatic N) is 1. The molecule has 5 heteroatoms. The zero-order valence-electron chi connectivity index (χ0n) is 14.6. The molecule has 1 spiro atoms. The molecule has 0 radical (unpaired) electrons.